The third-order valence-electron chi connectivity index (χ3n) is 3.53. The smallest absolute Gasteiger partial charge is 0.312 e. The van der Waals surface area contributed by atoms with Gasteiger partial charge in [0.2, 0.25) is 5.75 Å². The number of hydrogen-bond acceptors (Lipinski definition) is 5. The molecule has 22 heavy (non-hydrogen) atoms. The molecule has 0 atom stereocenters. The van der Waals surface area contributed by atoms with Crippen molar-refractivity contribution in [2.45, 2.75) is 33.7 Å². The lowest BCUT2D eigenvalue weighted by molar-refractivity contribution is -0.134. The second kappa shape index (κ2) is 6.46. The molecule has 0 aromatic carbocycles. The van der Waals surface area contributed by atoms with Gasteiger partial charge in [-0.05, 0) is 25.5 Å². The molecule has 0 saturated heterocycles. The minimum Gasteiger partial charge on any atom is -0.420 e. The van der Waals surface area contributed by atoms with Crippen LogP contribution >= 0.6 is 0 Å². The Hall–Kier alpha value is -2.57. The maximum atomic E-state index is 12.4. The zero-order chi connectivity index (χ0) is 16.3. The highest BCUT2D eigenvalue weighted by Crippen LogP contribution is 2.12. The van der Waals surface area contributed by atoms with Gasteiger partial charge in [-0.15, -0.1) is 0 Å². The van der Waals surface area contributed by atoms with Gasteiger partial charge in [-0.3, -0.25) is 14.3 Å². The van der Waals surface area contributed by atoms with Crippen LogP contribution in [-0.2, 0) is 18.4 Å². The van der Waals surface area contributed by atoms with E-state index < -0.39 is 5.97 Å². The van der Waals surface area contributed by atoms with Crippen LogP contribution in [-0.4, -0.2) is 20.4 Å². The summed E-state index contributed by atoms with van der Waals surface area (Å²) < 4.78 is 8.20. The summed E-state index contributed by atoms with van der Waals surface area (Å²) in [6, 6.07) is 1.72. The molecule has 2 rings (SSSR count). The molecule has 0 aliphatic heterocycles. The minimum absolute atomic E-state index is 0.0600. The Morgan fingerprint density at radius 2 is 2.14 bits per heavy atom. The first-order valence-electron chi connectivity index (χ1n) is 7.08. The Labute approximate surface area is 128 Å². The number of pyridine rings is 1. The zero-order valence-corrected chi connectivity index (χ0v) is 13.2. The van der Waals surface area contributed by atoms with Gasteiger partial charge >= 0.3 is 11.5 Å². The molecule has 1 N–H and O–H groups in total. The molecule has 2 aromatic rings. The molecular formula is C15H20N4O3. The van der Waals surface area contributed by atoms with Crippen molar-refractivity contribution >= 4 is 5.97 Å². The lowest BCUT2D eigenvalue weighted by Gasteiger charge is -2.12. The molecule has 118 valence electrons. The SMILES string of the molecule is CCC(=O)Oc1c(C)ccn(NCc2cnn(C)c2C)c1=O. The van der Waals surface area contributed by atoms with E-state index in [2.05, 4.69) is 10.5 Å². The van der Waals surface area contributed by atoms with Gasteiger partial charge in [-0.25, -0.2) is 4.68 Å². The quantitative estimate of drug-likeness (QED) is 0.841. The van der Waals surface area contributed by atoms with Gasteiger partial charge in [0.25, 0.3) is 0 Å². The van der Waals surface area contributed by atoms with Gasteiger partial charge < -0.3 is 10.2 Å². The van der Waals surface area contributed by atoms with E-state index in [-0.39, 0.29) is 17.7 Å². The number of aryl methyl sites for hydroxylation is 2. The summed E-state index contributed by atoms with van der Waals surface area (Å²) in [7, 11) is 1.86. The van der Waals surface area contributed by atoms with Crippen molar-refractivity contribution in [2.24, 2.45) is 7.05 Å². The molecule has 2 heterocycles. The predicted molar refractivity (Wildman–Crippen MR) is 82.4 cm³/mol. The predicted octanol–water partition coefficient (Wildman–Crippen LogP) is 1.26. The van der Waals surface area contributed by atoms with Gasteiger partial charge in [-0.2, -0.15) is 5.10 Å². The first-order chi connectivity index (χ1) is 10.4. The van der Waals surface area contributed by atoms with Crippen LogP contribution in [0.5, 0.6) is 5.75 Å². The molecule has 0 fully saturated rings. The summed E-state index contributed by atoms with van der Waals surface area (Å²) in [6.45, 7) is 5.82. The number of carbonyl (C=O) groups is 1. The second-order valence-electron chi connectivity index (χ2n) is 5.04. The fourth-order valence-corrected chi connectivity index (χ4v) is 1.93. The van der Waals surface area contributed by atoms with E-state index >= 15 is 0 Å². The van der Waals surface area contributed by atoms with Crippen LogP contribution in [0, 0.1) is 13.8 Å². The van der Waals surface area contributed by atoms with Gasteiger partial charge in [-0.1, -0.05) is 6.92 Å². The topological polar surface area (TPSA) is 78.2 Å². The fourth-order valence-electron chi connectivity index (χ4n) is 1.93. The Morgan fingerprint density at radius 3 is 2.73 bits per heavy atom. The summed E-state index contributed by atoms with van der Waals surface area (Å²) in [5.74, 6) is -0.370. The monoisotopic (exact) mass is 304 g/mol. The summed E-state index contributed by atoms with van der Waals surface area (Å²) in [5.41, 5.74) is 5.25. The van der Waals surface area contributed by atoms with Crippen molar-refractivity contribution in [3.63, 3.8) is 0 Å². The largest absolute Gasteiger partial charge is 0.420 e. The number of esters is 1. The van der Waals surface area contributed by atoms with Crippen LogP contribution in [0.3, 0.4) is 0 Å². The van der Waals surface area contributed by atoms with Crippen molar-refractivity contribution in [1.29, 1.82) is 0 Å². The number of nitrogens with one attached hydrogen (secondary N) is 1. The minimum atomic E-state index is -0.430. The number of aromatic nitrogens is 3. The van der Waals surface area contributed by atoms with E-state index in [1.807, 2.05) is 14.0 Å². The first kappa shape index (κ1) is 15.8. The number of rotatable bonds is 5. The van der Waals surface area contributed by atoms with Crippen LogP contribution in [0.2, 0.25) is 0 Å². The van der Waals surface area contributed by atoms with Crippen LogP contribution in [0.1, 0.15) is 30.2 Å². The Balaban J connectivity index is 2.21. The molecule has 7 nitrogen and oxygen atoms in total. The molecule has 2 aromatic heterocycles. The maximum absolute atomic E-state index is 12.4. The van der Waals surface area contributed by atoms with E-state index in [0.29, 0.717) is 12.1 Å². The third kappa shape index (κ3) is 3.19. The Morgan fingerprint density at radius 1 is 1.41 bits per heavy atom. The molecule has 0 aliphatic rings. The number of hydrogen-bond donors (Lipinski definition) is 1. The van der Waals surface area contributed by atoms with Crippen LogP contribution in [0.4, 0.5) is 0 Å². The summed E-state index contributed by atoms with van der Waals surface area (Å²) in [6.07, 6.45) is 3.59. The molecule has 0 spiro atoms. The highest BCUT2D eigenvalue weighted by Gasteiger charge is 2.12. The molecule has 0 unspecified atom stereocenters. The van der Waals surface area contributed by atoms with Crippen LogP contribution in [0.25, 0.3) is 0 Å². The van der Waals surface area contributed by atoms with Gasteiger partial charge in [0.05, 0.1) is 12.7 Å². The molecule has 0 aliphatic carbocycles. The molecular weight excluding hydrogens is 284 g/mol. The fraction of sp³-hybridized carbons (Fsp3) is 0.400. The Kier molecular flexibility index (Phi) is 4.65. The summed E-state index contributed by atoms with van der Waals surface area (Å²) in [5, 5.41) is 4.15. The molecule has 7 heteroatoms. The van der Waals surface area contributed by atoms with Crippen molar-refractivity contribution in [3.8, 4) is 5.75 Å². The normalized spacial score (nSPS) is 10.5. The van der Waals surface area contributed by atoms with Gasteiger partial charge in [0.1, 0.15) is 0 Å². The third-order valence-corrected chi connectivity index (χ3v) is 3.53. The number of ether oxygens (including phenoxy) is 1. The van der Waals surface area contributed by atoms with Crippen molar-refractivity contribution in [1.82, 2.24) is 14.5 Å². The van der Waals surface area contributed by atoms with Crippen LogP contribution in [0.15, 0.2) is 23.3 Å². The molecule has 0 saturated carbocycles. The Bertz CT molecular complexity index is 746. The van der Waals surface area contributed by atoms with E-state index in [1.165, 1.54) is 4.68 Å². The van der Waals surface area contributed by atoms with Crippen LogP contribution < -0.4 is 15.7 Å². The van der Waals surface area contributed by atoms with E-state index in [9.17, 15) is 9.59 Å². The molecule has 0 bridgehead atoms. The van der Waals surface area contributed by atoms with E-state index in [0.717, 1.165) is 11.3 Å². The molecule has 0 amide bonds. The van der Waals surface area contributed by atoms with Gasteiger partial charge in [0.15, 0.2) is 0 Å². The number of carbonyl (C=O) groups excluding carboxylic acids is 1. The summed E-state index contributed by atoms with van der Waals surface area (Å²) >= 11 is 0. The lowest BCUT2D eigenvalue weighted by atomic mass is 10.2. The van der Waals surface area contributed by atoms with Crippen molar-refractivity contribution in [2.75, 3.05) is 5.43 Å². The standard InChI is InChI=1S/C15H20N4O3/c1-5-13(20)22-14-10(2)6-7-19(15(14)21)17-9-12-8-16-18(4)11(12)3/h6-8,17H,5,9H2,1-4H3. The number of nitrogens with zero attached hydrogens (tertiary/aromatic N) is 3. The average Bonchev–Trinajstić information content (AvgIpc) is 2.82. The average molecular weight is 304 g/mol. The van der Waals surface area contributed by atoms with Gasteiger partial charge in [0, 0.05) is 30.9 Å². The highest BCUT2D eigenvalue weighted by molar-refractivity contribution is 5.72. The second-order valence-corrected chi connectivity index (χ2v) is 5.04. The van der Waals surface area contributed by atoms with E-state index in [4.69, 9.17) is 4.74 Å². The van der Waals surface area contributed by atoms with Crippen molar-refractivity contribution < 1.29 is 9.53 Å². The highest BCUT2D eigenvalue weighted by atomic mass is 16.5. The van der Waals surface area contributed by atoms with E-state index in [1.54, 1.807) is 37.0 Å². The summed E-state index contributed by atoms with van der Waals surface area (Å²) in [4.78, 5) is 23.8. The maximum Gasteiger partial charge on any atom is 0.312 e. The molecule has 0 radical (unpaired) electrons. The van der Waals surface area contributed by atoms with Crippen molar-refractivity contribution in [3.05, 3.63) is 45.6 Å². The zero-order valence-electron chi connectivity index (χ0n) is 13.2. The first-order valence-corrected chi connectivity index (χ1v) is 7.08. The lowest BCUT2D eigenvalue weighted by Crippen LogP contribution is -2.30.